The molecule has 0 saturated heterocycles. The lowest BCUT2D eigenvalue weighted by Gasteiger charge is -2.13. The smallest absolute Gasteiger partial charge is 0.308 e. The van der Waals surface area contributed by atoms with Crippen molar-refractivity contribution in [3.8, 4) is 0 Å². The van der Waals surface area contributed by atoms with Gasteiger partial charge >= 0.3 is 5.97 Å². The van der Waals surface area contributed by atoms with E-state index in [0.717, 1.165) is 0 Å². The van der Waals surface area contributed by atoms with Gasteiger partial charge in [-0.05, 0) is 13.8 Å². The molecule has 0 saturated carbocycles. The molecule has 0 radical (unpaired) electrons. The van der Waals surface area contributed by atoms with Crippen LogP contribution >= 0.6 is 0 Å². The quantitative estimate of drug-likeness (QED) is 0.577. The number of ether oxygens (including phenoxy) is 1. The molecule has 96 valence electrons. The Morgan fingerprint density at radius 1 is 1.50 bits per heavy atom. The Bertz CT molecular complexity index is 235. The highest BCUT2D eigenvalue weighted by molar-refractivity contribution is 7.84. The van der Waals surface area contributed by atoms with Crippen LogP contribution in [0.25, 0.3) is 0 Å². The second-order valence-corrected chi connectivity index (χ2v) is 5.43. The predicted octanol–water partition coefficient (Wildman–Crippen LogP) is -0.343. The SMILES string of the molecule is CCOC(=O)CC(O)CNCC(C)S(C)=O. The molecule has 0 spiro atoms. The van der Waals surface area contributed by atoms with Gasteiger partial charge in [0, 0.05) is 35.4 Å². The summed E-state index contributed by atoms with van der Waals surface area (Å²) in [5.41, 5.74) is 0. The van der Waals surface area contributed by atoms with Gasteiger partial charge in [0.25, 0.3) is 0 Å². The van der Waals surface area contributed by atoms with Crippen LogP contribution in [-0.4, -0.2) is 52.6 Å². The first-order valence-corrected chi connectivity index (χ1v) is 6.96. The molecule has 16 heavy (non-hydrogen) atoms. The lowest BCUT2D eigenvalue weighted by molar-refractivity contribution is -0.145. The highest BCUT2D eigenvalue weighted by Crippen LogP contribution is 1.95. The highest BCUT2D eigenvalue weighted by atomic mass is 32.2. The molecule has 2 N–H and O–H groups in total. The summed E-state index contributed by atoms with van der Waals surface area (Å²) >= 11 is 0. The predicted molar refractivity (Wildman–Crippen MR) is 63.7 cm³/mol. The topological polar surface area (TPSA) is 75.6 Å². The summed E-state index contributed by atoms with van der Waals surface area (Å²) in [5.74, 6) is -0.399. The Labute approximate surface area is 99.0 Å². The maximum absolute atomic E-state index is 11.0. The van der Waals surface area contributed by atoms with Gasteiger partial charge in [0.1, 0.15) is 0 Å². The first-order valence-electron chi connectivity index (χ1n) is 5.34. The highest BCUT2D eigenvalue weighted by Gasteiger charge is 2.12. The summed E-state index contributed by atoms with van der Waals surface area (Å²) in [7, 11) is -0.875. The van der Waals surface area contributed by atoms with Crippen molar-refractivity contribution in [2.45, 2.75) is 31.6 Å². The number of rotatable bonds is 8. The molecule has 3 atom stereocenters. The second kappa shape index (κ2) is 8.66. The Kier molecular flexibility index (Phi) is 8.42. The van der Waals surface area contributed by atoms with Crippen LogP contribution in [0.1, 0.15) is 20.3 Å². The summed E-state index contributed by atoms with van der Waals surface area (Å²) in [6.45, 7) is 4.77. The van der Waals surface area contributed by atoms with Gasteiger partial charge in [-0.25, -0.2) is 0 Å². The largest absolute Gasteiger partial charge is 0.466 e. The number of carbonyl (C=O) groups excluding carboxylic acids is 1. The third kappa shape index (κ3) is 7.78. The van der Waals surface area contributed by atoms with Gasteiger partial charge in [-0.1, -0.05) is 0 Å². The molecule has 0 aromatic rings. The van der Waals surface area contributed by atoms with E-state index in [1.54, 1.807) is 13.2 Å². The number of esters is 1. The average molecular weight is 251 g/mol. The lowest BCUT2D eigenvalue weighted by Crippen LogP contribution is -2.34. The van der Waals surface area contributed by atoms with E-state index in [0.29, 0.717) is 19.7 Å². The Morgan fingerprint density at radius 3 is 2.62 bits per heavy atom. The van der Waals surface area contributed by atoms with Crippen molar-refractivity contribution in [1.82, 2.24) is 5.32 Å². The van der Waals surface area contributed by atoms with Crippen LogP contribution in [0.3, 0.4) is 0 Å². The number of hydrogen-bond donors (Lipinski definition) is 2. The van der Waals surface area contributed by atoms with Gasteiger partial charge in [-0.15, -0.1) is 0 Å². The maximum atomic E-state index is 11.0. The van der Waals surface area contributed by atoms with Crippen molar-refractivity contribution in [2.24, 2.45) is 0 Å². The molecule has 0 bridgehead atoms. The molecule has 0 aromatic carbocycles. The zero-order chi connectivity index (χ0) is 12.6. The van der Waals surface area contributed by atoms with E-state index in [2.05, 4.69) is 5.32 Å². The minimum absolute atomic E-state index is 0.00949. The number of nitrogens with one attached hydrogen (secondary N) is 1. The number of hydrogen-bond acceptors (Lipinski definition) is 5. The van der Waals surface area contributed by atoms with Gasteiger partial charge < -0.3 is 15.2 Å². The molecule has 0 aliphatic carbocycles. The molecule has 0 amide bonds. The van der Waals surface area contributed by atoms with Crippen LogP contribution in [0.15, 0.2) is 0 Å². The summed E-state index contributed by atoms with van der Waals surface area (Å²) < 4.78 is 15.7. The molecule has 6 heteroatoms. The maximum Gasteiger partial charge on any atom is 0.308 e. The van der Waals surface area contributed by atoms with Crippen LogP contribution in [-0.2, 0) is 20.3 Å². The first-order chi connectivity index (χ1) is 7.47. The molecule has 0 aliphatic rings. The van der Waals surface area contributed by atoms with E-state index in [4.69, 9.17) is 4.74 Å². The van der Waals surface area contributed by atoms with E-state index in [-0.39, 0.29) is 11.7 Å². The first kappa shape index (κ1) is 15.5. The van der Waals surface area contributed by atoms with E-state index >= 15 is 0 Å². The summed E-state index contributed by atoms with van der Waals surface area (Å²) in [4.78, 5) is 11.0. The van der Waals surface area contributed by atoms with E-state index in [1.165, 1.54) is 0 Å². The molecular formula is C10H21NO4S. The zero-order valence-corrected chi connectivity index (χ0v) is 10.9. The van der Waals surface area contributed by atoms with E-state index in [9.17, 15) is 14.1 Å². The van der Waals surface area contributed by atoms with Gasteiger partial charge in [-0.2, -0.15) is 0 Å². The van der Waals surface area contributed by atoms with Crippen molar-refractivity contribution in [1.29, 1.82) is 0 Å². The Morgan fingerprint density at radius 2 is 2.12 bits per heavy atom. The van der Waals surface area contributed by atoms with Crippen molar-refractivity contribution in [3.05, 3.63) is 0 Å². The summed E-state index contributed by atoms with van der Waals surface area (Å²) in [6, 6.07) is 0. The molecule has 3 unspecified atom stereocenters. The van der Waals surface area contributed by atoms with Gasteiger partial charge in [0.2, 0.25) is 0 Å². The fourth-order valence-electron chi connectivity index (χ4n) is 1.06. The molecule has 0 rings (SSSR count). The van der Waals surface area contributed by atoms with Gasteiger partial charge in [-0.3, -0.25) is 9.00 Å². The van der Waals surface area contributed by atoms with Crippen molar-refractivity contribution < 1.29 is 18.8 Å². The Balaban J connectivity index is 3.61. The van der Waals surface area contributed by atoms with Crippen LogP contribution in [0.5, 0.6) is 0 Å². The number of aliphatic hydroxyl groups excluding tert-OH is 1. The molecular weight excluding hydrogens is 230 g/mol. The summed E-state index contributed by atoms with van der Waals surface area (Å²) in [5, 5.41) is 12.5. The van der Waals surface area contributed by atoms with Crippen LogP contribution in [0.4, 0.5) is 0 Å². The average Bonchev–Trinajstić information content (AvgIpc) is 2.17. The fraction of sp³-hybridized carbons (Fsp3) is 0.900. The molecule has 0 aliphatic heterocycles. The van der Waals surface area contributed by atoms with E-state index in [1.807, 2.05) is 6.92 Å². The monoisotopic (exact) mass is 251 g/mol. The number of carbonyl (C=O) groups is 1. The van der Waals surface area contributed by atoms with Crippen molar-refractivity contribution in [3.63, 3.8) is 0 Å². The fourth-order valence-corrected chi connectivity index (χ4v) is 1.41. The second-order valence-electron chi connectivity index (χ2n) is 3.63. The molecule has 0 heterocycles. The summed E-state index contributed by atoms with van der Waals surface area (Å²) in [6.07, 6.45) is 0.878. The minimum Gasteiger partial charge on any atom is -0.466 e. The molecule has 5 nitrogen and oxygen atoms in total. The normalized spacial score (nSPS) is 16.5. The molecule has 0 aromatic heterocycles. The van der Waals surface area contributed by atoms with Crippen LogP contribution in [0, 0.1) is 0 Å². The third-order valence-corrected chi connectivity index (χ3v) is 3.39. The standard InChI is InChI=1S/C10H21NO4S/c1-4-15-10(13)5-9(12)7-11-6-8(2)16(3)14/h8-9,11-12H,4-7H2,1-3H3. The van der Waals surface area contributed by atoms with Gasteiger partial charge in [0.15, 0.2) is 0 Å². The van der Waals surface area contributed by atoms with Gasteiger partial charge in [0.05, 0.1) is 19.1 Å². The molecule has 0 fully saturated rings. The Hall–Kier alpha value is -0.460. The van der Waals surface area contributed by atoms with E-state index < -0.39 is 22.9 Å². The number of aliphatic hydroxyl groups is 1. The van der Waals surface area contributed by atoms with Crippen molar-refractivity contribution in [2.75, 3.05) is 26.0 Å². The van der Waals surface area contributed by atoms with Crippen LogP contribution < -0.4 is 5.32 Å². The zero-order valence-electron chi connectivity index (χ0n) is 10.1. The van der Waals surface area contributed by atoms with Crippen molar-refractivity contribution >= 4 is 16.8 Å². The minimum atomic E-state index is -0.875. The van der Waals surface area contributed by atoms with Crippen LogP contribution in [0.2, 0.25) is 0 Å². The lowest BCUT2D eigenvalue weighted by atomic mass is 10.2. The third-order valence-electron chi connectivity index (χ3n) is 2.09.